The van der Waals surface area contributed by atoms with Crippen LogP contribution in [0.5, 0.6) is 0 Å². The quantitative estimate of drug-likeness (QED) is 0.445. The highest BCUT2D eigenvalue weighted by Crippen LogP contribution is 2.40. The summed E-state index contributed by atoms with van der Waals surface area (Å²) in [4.78, 5) is 41.9. The molecule has 0 saturated carbocycles. The summed E-state index contributed by atoms with van der Waals surface area (Å²) in [5.74, 6) is -1.81. The van der Waals surface area contributed by atoms with Crippen LogP contribution in [0.1, 0.15) is 18.4 Å². The van der Waals surface area contributed by atoms with Crippen molar-refractivity contribution in [3.05, 3.63) is 69.0 Å². The molecule has 2 aliphatic heterocycles. The molecular weight excluding hydrogens is 393 g/mol. The summed E-state index contributed by atoms with van der Waals surface area (Å²) in [7, 11) is 0. The van der Waals surface area contributed by atoms with E-state index in [1.165, 1.54) is 36.4 Å². The van der Waals surface area contributed by atoms with Gasteiger partial charge >= 0.3 is 0 Å². The van der Waals surface area contributed by atoms with Crippen LogP contribution in [0.15, 0.2) is 47.6 Å². The Morgan fingerprint density at radius 2 is 1.89 bits per heavy atom. The average Bonchev–Trinajstić information content (AvgIpc) is 3.19. The van der Waals surface area contributed by atoms with Crippen LogP contribution in [0, 0.1) is 15.9 Å². The number of imide groups is 1. The second-order valence-corrected chi connectivity index (χ2v) is 6.82. The Bertz CT molecular complexity index is 1060. The fourth-order valence-electron chi connectivity index (χ4n) is 3.22. The van der Waals surface area contributed by atoms with Gasteiger partial charge in [0, 0.05) is 18.6 Å². The van der Waals surface area contributed by atoms with Gasteiger partial charge in [0.25, 0.3) is 11.6 Å². The van der Waals surface area contributed by atoms with Gasteiger partial charge in [0.2, 0.25) is 11.5 Å². The fraction of sp³-hybridized carbons (Fsp3) is 0.167. The van der Waals surface area contributed by atoms with E-state index in [9.17, 15) is 24.1 Å². The van der Waals surface area contributed by atoms with Gasteiger partial charge < -0.3 is 4.84 Å². The van der Waals surface area contributed by atoms with Crippen molar-refractivity contribution in [2.24, 2.45) is 5.16 Å². The highest BCUT2D eigenvalue weighted by molar-refractivity contribution is 6.32. The molecule has 2 heterocycles. The SMILES string of the molecule is O=C1CC2(CC(c3ccc([N+](=O)[O-])cc3)=NO2)C(=O)N1c1ccc(F)c(Cl)c1. The van der Waals surface area contributed by atoms with Crippen molar-refractivity contribution in [3.8, 4) is 0 Å². The number of non-ortho nitro benzene ring substituents is 1. The van der Waals surface area contributed by atoms with Crippen LogP contribution in [0.2, 0.25) is 5.02 Å². The van der Waals surface area contributed by atoms with E-state index in [-0.39, 0.29) is 29.2 Å². The largest absolute Gasteiger partial charge is 0.378 e. The van der Waals surface area contributed by atoms with Crippen molar-refractivity contribution in [3.63, 3.8) is 0 Å². The van der Waals surface area contributed by atoms with Crippen molar-refractivity contribution < 1.29 is 23.7 Å². The molecule has 0 radical (unpaired) electrons. The Balaban J connectivity index is 1.58. The minimum atomic E-state index is -1.49. The number of oxime groups is 1. The van der Waals surface area contributed by atoms with Gasteiger partial charge in [-0.15, -0.1) is 0 Å². The van der Waals surface area contributed by atoms with E-state index in [2.05, 4.69) is 5.16 Å². The van der Waals surface area contributed by atoms with Gasteiger partial charge in [-0.3, -0.25) is 19.7 Å². The Labute approximate surface area is 162 Å². The number of rotatable bonds is 3. The molecule has 2 aromatic rings. The topological polar surface area (TPSA) is 102 Å². The van der Waals surface area contributed by atoms with Crippen LogP contribution in [0.25, 0.3) is 0 Å². The first kappa shape index (κ1) is 18.1. The van der Waals surface area contributed by atoms with Crippen molar-refractivity contribution in [2.75, 3.05) is 4.90 Å². The number of carbonyl (C=O) groups excluding carboxylic acids is 2. The minimum absolute atomic E-state index is 0.0286. The van der Waals surface area contributed by atoms with Gasteiger partial charge in [-0.05, 0) is 35.9 Å². The fourth-order valence-corrected chi connectivity index (χ4v) is 3.39. The number of nitro benzene ring substituents is 1. The highest BCUT2D eigenvalue weighted by atomic mass is 35.5. The lowest BCUT2D eigenvalue weighted by atomic mass is 9.92. The normalized spacial score (nSPS) is 21.2. The molecule has 142 valence electrons. The lowest BCUT2D eigenvalue weighted by Crippen LogP contribution is -2.40. The third-order valence-electron chi connectivity index (χ3n) is 4.64. The van der Waals surface area contributed by atoms with Gasteiger partial charge in [-0.2, -0.15) is 0 Å². The Kier molecular flexibility index (Phi) is 4.11. The summed E-state index contributed by atoms with van der Waals surface area (Å²) >= 11 is 5.75. The maximum Gasteiger partial charge on any atom is 0.281 e. The Morgan fingerprint density at radius 3 is 2.54 bits per heavy atom. The first-order valence-corrected chi connectivity index (χ1v) is 8.51. The van der Waals surface area contributed by atoms with Gasteiger partial charge in [-0.25, -0.2) is 9.29 Å². The number of amides is 2. The number of carbonyl (C=O) groups is 2. The van der Waals surface area contributed by atoms with E-state index in [0.717, 1.165) is 11.0 Å². The molecule has 1 spiro atoms. The molecule has 0 bridgehead atoms. The third kappa shape index (κ3) is 2.80. The molecular formula is C18H11ClFN3O5. The zero-order valence-corrected chi connectivity index (χ0v) is 14.9. The maximum absolute atomic E-state index is 13.4. The van der Waals surface area contributed by atoms with Crippen molar-refractivity contribution in [1.29, 1.82) is 0 Å². The molecule has 1 saturated heterocycles. The molecule has 2 aromatic carbocycles. The summed E-state index contributed by atoms with van der Waals surface area (Å²) in [5.41, 5.74) is -0.481. The van der Waals surface area contributed by atoms with E-state index in [0.29, 0.717) is 11.3 Å². The molecule has 8 nitrogen and oxygen atoms in total. The van der Waals surface area contributed by atoms with Gasteiger partial charge in [0.1, 0.15) is 5.82 Å². The first-order valence-electron chi connectivity index (χ1n) is 8.13. The molecule has 1 unspecified atom stereocenters. The van der Waals surface area contributed by atoms with Crippen molar-refractivity contribution >= 4 is 40.5 Å². The summed E-state index contributed by atoms with van der Waals surface area (Å²) in [6, 6.07) is 9.17. The van der Waals surface area contributed by atoms with E-state index in [1.807, 2.05) is 0 Å². The Hall–Kier alpha value is -3.33. The van der Waals surface area contributed by atoms with Crippen LogP contribution in [-0.4, -0.2) is 28.1 Å². The average molecular weight is 404 g/mol. The predicted octanol–water partition coefficient (Wildman–Crippen LogP) is 3.21. The van der Waals surface area contributed by atoms with Gasteiger partial charge in [0.05, 0.1) is 27.8 Å². The number of hydrogen-bond acceptors (Lipinski definition) is 6. The van der Waals surface area contributed by atoms with E-state index in [1.54, 1.807) is 0 Å². The lowest BCUT2D eigenvalue weighted by molar-refractivity contribution is -0.384. The molecule has 1 atom stereocenters. The smallest absolute Gasteiger partial charge is 0.281 e. The minimum Gasteiger partial charge on any atom is -0.378 e. The Morgan fingerprint density at radius 1 is 1.18 bits per heavy atom. The van der Waals surface area contributed by atoms with Crippen LogP contribution in [-0.2, 0) is 14.4 Å². The second kappa shape index (κ2) is 6.38. The zero-order valence-electron chi connectivity index (χ0n) is 14.1. The molecule has 1 fully saturated rings. The van der Waals surface area contributed by atoms with E-state index in [4.69, 9.17) is 16.4 Å². The second-order valence-electron chi connectivity index (χ2n) is 6.41. The molecule has 0 aromatic heterocycles. The van der Waals surface area contributed by atoms with Crippen LogP contribution < -0.4 is 4.90 Å². The van der Waals surface area contributed by atoms with E-state index >= 15 is 0 Å². The lowest BCUT2D eigenvalue weighted by Gasteiger charge is -2.19. The summed E-state index contributed by atoms with van der Waals surface area (Å²) in [6.07, 6.45) is -0.207. The monoisotopic (exact) mass is 403 g/mol. The number of benzene rings is 2. The molecule has 0 N–H and O–H groups in total. The van der Waals surface area contributed by atoms with Gasteiger partial charge in [0.15, 0.2) is 0 Å². The highest BCUT2D eigenvalue weighted by Gasteiger charge is 2.58. The predicted molar refractivity (Wildman–Crippen MR) is 96.6 cm³/mol. The molecule has 2 amide bonds. The maximum atomic E-state index is 13.4. The number of nitro groups is 1. The molecule has 2 aliphatic rings. The third-order valence-corrected chi connectivity index (χ3v) is 4.92. The summed E-state index contributed by atoms with van der Waals surface area (Å²) in [6.45, 7) is 0. The molecule has 4 rings (SSSR count). The van der Waals surface area contributed by atoms with Crippen LogP contribution in [0.3, 0.4) is 0 Å². The molecule has 28 heavy (non-hydrogen) atoms. The van der Waals surface area contributed by atoms with E-state index < -0.39 is 28.2 Å². The summed E-state index contributed by atoms with van der Waals surface area (Å²) in [5, 5.41) is 14.5. The number of halogens is 2. The van der Waals surface area contributed by atoms with Crippen molar-refractivity contribution in [1.82, 2.24) is 0 Å². The number of anilines is 1. The summed E-state index contributed by atoms with van der Waals surface area (Å²) < 4.78 is 13.4. The number of hydrogen-bond donors (Lipinski definition) is 0. The molecule has 10 heteroatoms. The molecule has 0 aliphatic carbocycles. The first-order chi connectivity index (χ1) is 13.3. The number of nitrogens with zero attached hydrogens (tertiary/aromatic N) is 3. The van der Waals surface area contributed by atoms with Crippen LogP contribution >= 0.6 is 11.6 Å². The van der Waals surface area contributed by atoms with Gasteiger partial charge in [-0.1, -0.05) is 16.8 Å². The van der Waals surface area contributed by atoms with Crippen LogP contribution in [0.4, 0.5) is 15.8 Å². The zero-order chi connectivity index (χ0) is 20.1. The standard InChI is InChI=1S/C18H11ClFN3O5/c19-13-7-12(5-6-14(13)20)22-16(24)9-18(17(22)25)8-15(21-28-18)10-1-3-11(4-2-10)23(26)27/h1-7H,8-9H2. The van der Waals surface area contributed by atoms with Crippen molar-refractivity contribution in [2.45, 2.75) is 18.4 Å².